The standard InChI is InChI=1S/C26H28N4O/c1-4-30(5-2)21-14-11-19(12-15-21)24(29-23-8-6-7-17-27-23)22-16-13-20-10-9-18(3)28-25(20)26(22)31/h6-17,24,31H,4-5H2,1-3H3,(H,27,29)/p+1/t24-/m1/s1. The zero-order valence-electron chi connectivity index (χ0n) is 18.3. The third-order valence-corrected chi connectivity index (χ3v) is 5.68. The summed E-state index contributed by atoms with van der Waals surface area (Å²) in [6.07, 6.45) is 1.88. The quantitative estimate of drug-likeness (QED) is 0.442. The normalized spacial score (nSPS) is 12.0. The van der Waals surface area contributed by atoms with Crippen LogP contribution in [0, 0.1) is 6.92 Å². The van der Waals surface area contributed by atoms with Gasteiger partial charge < -0.3 is 10.0 Å². The van der Waals surface area contributed by atoms with Crippen LogP contribution in [0.1, 0.15) is 36.7 Å². The maximum absolute atomic E-state index is 11.2. The lowest BCUT2D eigenvalue weighted by Crippen LogP contribution is -2.22. The minimum atomic E-state index is -0.240. The van der Waals surface area contributed by atoms with Crippen molar-refractivity contribution in [3.8, 4) is 5.75 Å². The van der Waals surface area contributed by atoms with E-state index in [-0.39, 0.29) is 11.8 Å². The highest BCUT2D eigenvalue weighted by atomic mass is 16.3. The number of phenolic OH excluding ortho intramolecular Hbond substituents is 1. The molecule has 4 aromatic rings. The lowest BCUT2D eigenvalue weighted by atomic mass is 9.95. The second-order valence-corrected chi connectivity index (χ2v) is 7.65. The minimum Gasteiger partial charge on any atom is -0.505 e. The predicted molar refractivity (Wildman–Crippen MR) is 127 cm³/mol. The third-order valence-electron chi connectivity index (χ3n) is 5.68. The van der Waals surface area contributed by atoms with E-state index < -0.39 is 0 Å². The first kappa shape index (κ1) is 20.7. The number of benzene rings is 2. The highest BCUT2D eigenvalue weighted by molar-refractivity contribution is 5.86. The fraction of sp³-hybridized carbons (Fsp3) is 0.231. The molecule has 0 aliphatic rings. The van der Waals surface area contributed by atoms with Gasteiger partial charge in [-0.15, -0.1) is 0 Å². The molecule has 5 nitrogen and oxygen atoms in total. The fourth-order valence-electron chi connectivity index (χ4n) is 3.97. The number of nitrogens with one attached hydrogen (secondary N) is 2. The molecule has 0 saturated carbocycles. The number of aromatic amines is 1. The molecule has 5 heteroatoms. The molecule has 0 amide bonds. The van der Waals surface area contributed by atoms with Gasteiger partial charge in [0.2, 0.25) is 0 Å². The highest BCUT2D eigenvalue weighted by Gasteiger charge is 2.24. The SMILES string of the molecule is CCN(CC)c1ccc([C@@H](Nc2cccc[nH+]2)c2ccc3ccc(C)nc3c2O)cc1. The molecule has 0 fully saturated rings. The second kappa shape index (κ2) is 9.04. The van der Waals surface area contributed by atoms with E-state index in [0.717, 1.165) is 41.1 Å². The number of nitrogens with zero attached hydrogens (tertiary/aromatic N) is 2. The second-order valence-electron chi connectivity index (χ2n) is 7.65. The number of pyridine rings is 2. The van der Waals surface area contributed by atoms with Crippen LogP contribution in [0.4, 0.5) is 11.5 Å². The van der Waals surface area contributed by atoms with E-state index in [1.807, 2.05) is 55.6 Å². The largest absolute Gasteiger partial charge is 0.505 e. The summed E-state index contributed by atoms with van der Waals surface area (Å²) < 4.78 is 0. The summed E-state index contributed by atoms with van der Waals surface area (Å²) in [7, 11) is 0. The van der Waals surface area contributed by atoms with Gasteiger partial charge >= 0.3 is 0 Å². The number of hydrogen-bond acceptors (Lipinski definition) is 4. The maximum atomic E-state index is 11.2. The number of aromatic nitrogens is 2. The molecule has 2 aromatic carbocycles. The molecule has 2 aromatic heterocycles. The zero-order valence-corrected chi connectivity index (χ0v) is 18.3. The van der Waals surface area contributed by atoms with E-state index >= 15 is 0 Å². The molecule has 0 saturated heterocycles. The number of H-pyrrole nitrogens is 1. The Morgan fingerprint density at radius 2 is 1.71 bits per heavy atom. The van der Waals surface area contributed by atoms with Gasteiger partial charge in [-0.1, -0.05) is 30.3 Å². The number of aromatic hydroxyl groups is 1. The molecule has 31 heavy (non-hydrogen) atoms. The minimum absolute atomic E-state index is 0.211. The van der Waals surface area contributed by atoms with Crippen molar-refractivity contribution in [1.29, 1.82) is 0 Å². The van der Waals surface area contributed by atoms with Crippen molar-refractivity contribution < 1.29 is 10.1 Å². The highest BCUT2D eigenvalue weighted by Crippen LogP contribution is 2.36. The zero-order chi connectivity index (χ0) is 21.8. The Morgan fingerprint density at radius 3 is 2.39 bits per heavy atom. The van der Waals surface area contributed by atoms with Gasteiger partial charge in [-0.25, -0.2) is 9.97 Å². The van der Waals surface area contributed by atoms with Crippen molar-refractivity contribution >= 4 is 22.4 Å². The summed E-state index contributed by atoms with van der Waals surface area (Å²) in [6, 6.07) is 22.2. The molecule has 0 unspecified atom stereocenters. The topological polar surface area (TPSA) is 62.5 Å². The number of hydrogen-bond donors (Lipinski definition) is 2. The molecule has 1 atom stereocenters. The molecule has 0 aliphatic carbocycles. The van der Waals surface area contributed by atoms with Crippen molar-refractivity contribution in [3.05, 3.63) is 89.7 Å². The van der Waals surface area contributed by atoms with E-state index in [1.165, 1.54) is 5.69 Å². The molecular formula is C26H29N4O+. The van der Waals surface area contributed by atoms with Crippen molar-refractivity contribution in [1.82, 2.24) is 4.98 Å². The lowest BCUT2D eigenvalue weighted by Gasteiger charge is -2.22. The van der Waals surface area contributed by atoms with Gasteiger partial charge in [0.25, 0.3) is 5.82 Å². The molecule has 3 N–H and O–H groups in total. The fourth-order valence-corrected chi connectivity index (χ4v) is 3.97. The lowest BCUT2D eigenvalue weighted by molar-refractivity contribution is -0.361. The van der Waals surface area contributed by atoms with Crippen LogP contribution in [0.3, 0.4) is 0 Å². The molecule has 158 valence electrons. The third kappa shape index (κ3) is 4.31. The maximum Gasteiger partial charge on any atom is 0.272 e. The number of rotatable bonds is 7. The summed E-state index contributed by atoms with van der Waals surface area (Å²) in [5.74, 6) is 1.08. The predicted octanol–water partition coefficient (Wildman–Crippen LogP) is 5.11. The molecule has 0 spiro atoms. The Bertz CT molecular complexity index is 1160. The van der Waals surface area contributed by atoms with Gasteiger partial charge in [-0.2, -0.15) is 0 Å². The Balaban J connectivity index is 1.80. The molecular weight excluding hydrogens is 384 g/mol. The van der Waals surface area contributed by atoms with E-state index in [9.17, 15) is 5.11 Å². The van der Waals surface area contributed by atoms with Gasteiger partial charge in [-0.05, 0) is 51.1 Å². The number of aryl methyl sites for hydroxylation is 1. The number of fused-ring (bicyclic) bond motifs is 1. The van der Waals surface area contributed by atoms with Gasteiger partial charge in [-0.3, -0.25) is 5.32 Å². The van der Waals surface area contributed by atoms with Crippen LogP contribution >= 0.6 is 0 Å². The summed E-state index contributed by atoms with van der Waals surface area (Å²) in [5.41, 5.74) is 4.55. The van der Waals surface area contributed by atoms with Crippen molar-refractivity contribution in [2.24, 2.45) is 0 Å². The molecule has 0 aliphatic heterocycles. The van der Waals surface area contributed by atoms with Gasteiger partial charge in [0.15, 0.2) is 0 Å². The Labute approximate surface area is 183 Å². The monoisotopic (exact) mass is 413 g/mol. The van der Waals surface area contributed by atoms with Crippen LogP contribution in [0.5, 0.6) is 5.75 Å². The van der Waals surface area contributed by atoms with Crippen LogP contribution in [0.15, 0.2) is 72.9 Å². The summed E-state index contributed by atoms with van der Waals surface area (Å²) in [6.45, 7) is 8.19. The Hall–Kier alpha value is -3.60. The molecule has 0 radical (unpaired) electrons. The van der Waals surface area contributed by atoms with Gasteiger partial charge in [0, 0.05) is 47.1 Å². The van der Waals surface area contributed by atoms with E-state index in [2.05, 4.69) is 58.3 Å². The first-order valence-corrected chi connectivity index (χ1v) is 10.8. The Kier molecular flexibility index (Phi) is 6.03. The van der Waals surface area contributed by atoms with Crippen LogP contribution in [0.25, 0.3) is 10.9 Å². The smallest absolute Gasteiger partial charge is 0.272 e. The van der Waals surface area contributed by atoms with Crippen molar-refractivity contribution in [2.45, 2.75) is 26.8 Å². The van der Waals surface area contributed by atoms with E-state index in [0.29, 0.717) is 5.52 Å². The van der Waals surface area contributed by atoms with Crippen molar-refractivity contribution in [2.75, 3.05) is 23.3 Å². The van der Waals surface area contributed by atoms with Crippen LogP contribution in [-0.4, -0.2) is 23.2 Å². The first-order valence-electron chi connectivity index (χ1n) is 10.8. The number of anilines is 2. The molecule has 0 bridgehead atoms. The van der Waals surface area contributed by atoms with Gasteiger partial charge in [0.1, 0.15) is 17.3 Å². The van der Waals surface area contributed by atoms with Crippen LogP contribution in [-0.2, 0) is 0 Å². The van der Waals surface area contributed by atoms with Crippen molar-refractivity contribution in [3.63, 3.8) is 0 Å². The number of phenols is 1. The molecule has 4 rings (SSSR count). The average molecular weight is 414 g/mol. The van der Waals surface area contributed by atoms with Crippen LogP contribution < -0.4 is 15.2 Å². The molecule has 2 heterocycles. The van der Waals surface area contributed by atoms with Crippen LogP contribution in [0.2, 0.25) is 0 Å². The summed E-state index contributed by atoms with van der Waals surface area (Å²) >= 11 is 0. The Morgan fingerprint density at radius 1 is 0.968 bits per heavy atom. The van der Waals surface area contributed by atoms with Gasteiger partial charge in [0.05, 0.1) is 6.20 Å². The average Bonchev–Trinajstić information content (AvgIpc) is 2.80. The summed E-state index contributed by atoms with van der Waals surface area (Å²) in [5, 5.41) is 15.7. The van der Waals surface area contributed by atoms with E-state index in [4.69, 9.17) is 0 Å². The summed E-state index contributed by atoms with van der Waals surface area (Å²) in [4.78, 5) is 10.1. The first-order chi connectivity index (χ1) is 15.1. The van der Waals surface area contributed by atoms with E-state index in [1.54, 1.807) is 0 Å².